The van der Waals surface area contributed by atoms with Crippen LogP contribution < -0.4 is 4.90 Å². The van der Waals surface area contributed by atoms with Crippen molar-refractivity contribution in [2.45, 2.75) is 44.1 Å². The van der Waals surface area contributed by atoms with Crippen LogP contribution in [0, 0.1) is 0 Å². The number of aliphatic hydroxyl groups is 1. The molecule has 1 saturated carbocycles. The van der Waals surface area contributed by atoms with Crippen molar-refractivity contribution in [2.24, 2.45) is 0 Å². The number of para-hydroxylation sites is 1. The minimum absolute atomic E-state index is 0.122. The molecule has 0 bridgehead atoms. The largest absolute Gasteiger partial charge is 0.389 e. The Hall–Kier alpha value is -1.55. The van der Waals surface area contributed by atoms with Crippen LogP contribution in [0.4, 0.5) is 5.69 Å². The fourth-order valence-corrected chi connectivity index (χ4v) is 3.63. The van der Waals surface area contributed by atoms with Gasteiger partial charge in [-0.3, -0.25) is 4.79 Å². The number of hydrogen-bond donors (Lipinski definition) is 1. The number of piperazine rings is 1. The van der Waals surface area contributed by atoms with Crippen molar-refractivity contribution in [3.63, 3.8) is 0 Å². The van der Waals surface area contributed by atoms with Crippen LogP contribution in [0.2, 0.25) is 0 Å². The number of anilines is 1. The van der Waals surface area contributed by atoms with Crippen molar-refractivity contribution in [1.82, 2.24) is 4.90 Å². The summed E-state index contributed by atoms with van der Waals surface area (Å²) in [6, 6.07) is 10.3. The minimum Gasteiger partial charge on any atom is -0.389 e. The van der Waals surface area contributed by atoms with Gasteiger partial charge in [0.2, 0.25) is 5.91 Å². The van der Waals surface area contributed by atoms with Crippen LogP contribution in [0.15, 0.2) is 30.3 Å². The van der Waals surface area contributed by atoms with E-state index in [1.54, 1.807) is 0 Å². The topological polar surface area (TPSA) is 43.8 Å². The van der Waals surface area contributed by atoms with Crippen LogP contribution in [0.3, 0.4) is 0 Å². The number of nitrogens with zero attached hydrogens (tertiary/aromatic N) is 2. The Balaban J connectivity index is 1.51. The summed E-state index contributed by atoms with van der Waals surface area (Å²) in [7, 11) is 0. The molecule has 1 N–H and O–H groups in total. The lowest BCUT2D eigenvalue weighted by Crippen LogP contribution is -2.50. The number of rotatable bonds is 3. The normalized spacial score (nSPS) is 21.7. The first-order valence-corrected chi connectivity index (χ1v) is 8.46. The summed E-state index contributed by atoms with van der Waals surface area (Å²) in [5, 5.41) is 10.5. The van der Waals surface area contributed by atoms with Gasteiger partial charge in [0.25, 0.3) is 0 Å². The molecule has 2 fully saturated rings. The number of hydrogen-bond acceptors (Lipinski definition) is 3. The molecule has 0 atom stereocenters. The van der Waals surface area contributed by atoms with Crippen LogP contribution in [0.25, 0.3) is 0 Å². The first-order chi connectivity index (χ1) is 10.7. The van der Waals surface area contributed by atoms with Gasteiger partial charge in [-0.15, -0.1) is 0 Å². The fraction of sp³-hybridized carbons (Fsp3) is 0.611. The number of amides is 1. The van der Waals surface area contributed by atoms with E-state index in [-0.39, 0.29) is 5.91 Å². The van der Waals surface area contributed by atoms with Crippen LogP contribution >= 0.6 is 0 Å². The highest BCUT2D eigenvalue weighted by molar-refractivity contribution is 5.77. The summed E-state index contributed by atoms with van der Waals surface area (Å²) in [6.45, 7) is 3.25. The monoisotopic (exact) mass is 302 g/mol. The smallest absolute Gasteiger partial charge is 0.225 e. The Labute approximate surface area is 132 Å². The summed E-state index contributed by atoms with van der Waals surface area (Å²) < 4.78 is 0. The maximum atomic E-state index is 12.5. The summed E-state index contributed by atoms with van der Waals surface area (Å²) >= 11 is 0. The fourth-order valence-electron chi connectivity index (χ4n) is 3.63. The summed E-state index contributed by atoms with van der Waals surface area (Å²) in [4.78, 5) is 16.7. The average Bonchev–Trinajstić information content (AvgIpc) is 2.56. The molecular weight excluding hydrogens is 276 g/mol. The molecule has 0 spiro atoms. The average molecular weight is 302 g/mol. The Morgan fingerprint density at radius 1 is 1.00 bits per heavy atom. The standard InChI is InChI=1S/C18H26N2O2/c21-17(15-18(22)9-5-2-6-10-18)20-13-11-19(12-14-20)16-7-3-1-4-8-16/h1,3-4,7-8,22H,2,5-6,9-15H2. The molecule has 1 aromatic carbocycles. The molecule has 1 aromatic rings. The van der Waals surface area contributed by atoms with Gasteiger partial charge in [0.1, 0.15) is 0 Å². The zero-order chi connectivity index (χ0) is 15.4. The van der Waals surface area contributed by atoms with Crippen LogP contribution in [0.5, 0.6) is 0 Å². The SMILES string of the molecule is O=C(CC1(O)CCCCC1)N1CCN(c2ccccc2)CC1. The Bertz CT molecular complexity index is 489. The lowest BCUT2D eigenvalue weighted by Gasteiger charge is -2.38. The molecule has 1 heterocycles. The molecule has 120 valence electrons. The summed E-state index contributed by atoms with van der Waals surface area (Å²) in [6.07, 6.45) is 5.15. The van der Waals surface area contributed by atoms with E-state index in [0.717, 1.165) is 51.9 Å². The molecular formula is C18H26N2O2. The summed E-state index contributed by atoms with van der Waals surface area (Å²) in [5.74, 6) is 0.122. The van der Waals surface area contributed by atoms with Gasteiger partial charge < -0.3 is 14.9 Å². The van der Waals surface area contributed by atoms with Crippen LogP contribution in [0.1, 0.15) is 38.5 Å². The van der Waals surface area contributed by atoms with Crippen molar-refractivity contribution >= 4 is 11.6 Å². The Morgan fingerprint density at radius 3 is 2.27 bits per heavy atom. The van der Waals surface area contributed by atoms with Gasteiger partial charge in [-0.25, -0.2) is 0 Å². The Morgan fingerprint density at radius 2 is 1.64 bits per heavy atom. The van der Waals surface area contributed by atoms with E-state index in [2.05, 4.69) is 17.0 Å². The lowest BCUT2D eigenvalue weighted by atomic mass is 9.82. The van der Waals surface area contributed by atoms with Gasteiger partial charge in [0, 0.05) is 31.9 Å². The second kappa shape index (κ2) is 6.69. The van der Waals surface area contributed by atoms with E-state index in [1.807, 2.05) is 23.1 Å². The van der Waals surface area contributed by atoms with Crippen molar-refractivity contribution in [3.05, 3.63) is 30.3 Å². The van der Waals surface area contributed by atoms with E-state index in [9.17, 15) is 9.90 Å². The van der Waals surface area contributed by atoms with Gasteiger partial charge in [0.15, 0.2) is 0 Å². The highest BCUT2D eigenvalue weighted by atomic mass is 16.3. The van der Waals surface area contributed by atoms with Crippen molar-refractivity contribution in [2.75, 3.05) is 31.1 Å². The third-order valence-electron chi connectivity index (χ3n) is 5.02. The van der Waals surface area contributed by atoms with Gasteiger partial charge in [0.05, 0.1) is 12.0 Å². The molecule has 22 heavy (non-hydrogen) atoms. The maximum absolute atomic E-state index is 12.5. The van der Waals surface area contributed by atoms with Crippen molar-refractivity contribution < 1.29 is 9.90 Å². The molecule has 1 saturated heterocycles. The molecule has 4 heteroatoms. The van der Waals surface area contributed by atoms with E-state index < -0.39 is 5.60 Å². The first-order valence-electron chi connectivity index (χ1n) is 8.46. The molecule has 2 aliphatic rings. The molecule has 4 nitrogen and oxygen atoms in total. The van der Waals surface area contributed by atoms with E-state index in [1.165, 1.54) is 12.1 Å². The molecule has 1 amide bonds. The minimum atomic E-state index is -0.744. The molecule has 1 aliphatic carbocycles. The van der Waals surface area contributed by atoms with Crippen LogP contribution in [-0.4, -0.2) is 47.7 Å². The Kier molecular flexibility index (Phi) is 4.67. The van der Waals surface area contributed by atoms with Gasteiger partial charge in [-0.2, -0.15) is 0 Å². The molecule has 3 rings (SSSR count). The molecule has 0 aromatic heterocycles. The highest BCUT2D eigenvalue weighted by Gasteiger charge is 2.34. The summed E-state index contributed by atoms with van der Waals surface area (Å²) in [5.41, 5.74) is 0.479. The molecule has 0 unspecified atom stereocenters. The van der Waals surface area contributed by atoms with E-state index in [4.69, 9.17) is 0 Å². The second-order valence-corrected chi connectivity index (χ2v) is 6.67. The maximum Gasteiger partial charge on any atom is 0.225 e. The predicted octanol–water partition coefficient (Wildman–Crippen LogP) is 2.42. The quantitative estimate of drug-likeness (QED) is 0.932. The second-order valence-electron chi connectivity index (χ2n) is 6.67. The van der Waals surface area contributed by atoms with Gasteiger partial charge in [-0.05, 0) is 25.0 Å². The van der Waals surface area contributed by atoms with Crippen molar-refractivity contribution in [1.29, 1.82) is 0 Å². The third-order valence-corrected chi connectivity index (χ3v) is 5.02. The third kappa shape index (κ3) is 3.61. The predicted molar refractivity (Wildman–Crippen MR) is 87.9 cm³/mol. The van der Waals surface area contributed by atoms with E-state index in [0.29, 0.717) is 6.42 Å². The van der Waals surface area contributed by atoms with E-state index >= 15 is 0 Å². The van der Waals surface area contributed by atoms with Gasteiger partial charge in [-0.1, -0.05) is 37.5 Å². The van der Waals surface area contributed by atoms with Crippen molar-refractivity contribution in [3.8, 4) is 0 Å². The number of carbonyl (C=O) groups is 1. The van der Waals surface area contributed by atoms with Crippen LogP contribution in [-0.2, 0) is 4.79 Å². The highest BCUT2D eigenvalue weighted by Crippen LogP contribution is 2.31. The zero-order valence-corrected chi connectivity index (χ0v) is 13.2. The first kappa shape index (κ1) is 15.3. The number of benzene rings is 1. The number of carbonyl (C=O) groups excluding carboxylic acids is 1. The van der Waals surface area contributed by atoms with Gasteiger partial charge >= 0.3 is 0 Å². The molecule has 1 aliphatic heterocycles. The lowest BCUT2D eigenvalue weighted by molar-refractivity contribution is -0.138. The molecule has 0 radical (unpaired) electrons. The zero-order valence-electron chi connectivity index (χ0n) is 13.2.